The number of ketones is 1. The van der Waals surface area contributed by atoms with Gasteiger partial charge < -0.3 is 0 Å². The molecule has 1 aliphatic rings. The number of carbonyl (C=O) groups is 1. The van der Waals surface area contributed by atoms with Gasteiger partial charge in [-0.05, 0) is 36.6 Å². The maximum Gasteiger partial charge on any atom is 0.159 e. The Kier molecular flexibility index (Phi) is 2.92. The van der Waals surface area contributed by atoms with Gasteiger partial charge in [0.05, 0.1) is 0 Å². The number of carbonyl (C=O) groups excluding carboxylic acids is 1. The summed E-state index contributed by atoms with van der Waals surface area (Å²) in [5.74, 6) is 0.308. The monoisotopic (exact) mass is 220 g/mol. The van der Waals surface area contributed by atoms with E-state index in [9.17, 15) is 4.79 Å². The molecule has 0 amide bonds. The quantitative estimate of drug-likeness (QED) is 0.745. The average molecular weight is 221 g/mol. The molecule has 0 spiro atoms. The number of rotatable bonds is 2. The molecule has 0 heterocycles. The first kappa shape index (κ1) is 10.4. The van der Waals surface area contributed by atoms with Gasteiger partial charge in [0.2, 0.25) is 0 Å². The average Bonchev–Trinajstić information content (AvgIpc) is 2.53. The van der Waals surface area contributed by atoms with Crippen LogP contribution in [0.25, 0.3) is 0 Å². The van der Waals surface area contributed by atoms with Crippen LogP contribution in [0.2, 0.25) is 5.02 Å². The van der Waals surface area contributed by atoms with Crippen molar-refractivity contribution < 1.29 is 4.79 Å². The van der Waals surface area contributed by atoms with E-state index in [1.54, 1.807) is 0 Å². The van der Waals surface area contributed by atoms with Crippen LogP contribution in [0.15, 0.2) is 35.4 Å². The maximum atomic E-state index is 11.6. The topological polar surface area (TPSA) is 17.1 Å². The van der Waals surface area contributed by atoms with Crippen molar-refractivity contribution in [1.82, 2.24) is 0 Å². The molecule has 0 bridgehead atoms. The van der Waals surface area contributed by atoms with Crippen LogP contribution in [0.4, 0.5) is 0 Å². The second-order valence-electron chi connectivity index (χ2n) is 3.99. The molecule has 1 aromatic rings. The number of allylic oxidation sites excluding steroid dienone is 2. The number of hydrogen-bond acceptors (Lipinski definition) is 1. The van der Waals surface area contributed by atoms with Crippen molar-refractivity contribution in [2.24, 2.45) is 0 Å². The Labute approximate surface area is 94.8 Å². The fourth-order valence-corrected chi connectivity index (χ4v) is 2.02. The van der Waals surface area contributed by atoms with Crippen molar-refractivity contribution in [3.8, 4) is 0 Å². The Hall–Kier alpha value is -1.08. The van der Waals surface area contributed by atoms with E-state index in [0.29, 0.717) is 12.2 Å². The largest absolute Gasteiger partial charge is 0.295 e. The van der Waals surface area contributed by atoms with E-state index in [1.807, 2.05) is 24.3 Å². The zero-order chi connectivity index (χ0) is 10.8. The third-order valence-electron chi connectivity index (χ3n) is 2.87. The maximum absolute atomic E-state index is 11.6. The normalized spacial score (nSPS) is 16.3. The van der Waals surface area contributed by atoms with Gasteiger partial charge in [-0.25, -0.2) is 0 Å². The number of benzene rings is 1. The van der Waals surface area contributed by atoms with Crippen molar-refractivity contribution in [1.29, 1.82) is 0 Å². The van der Waals surface area contributed by atoms with Crippen LogP contribution in [0, 0.1) is 0 Å². The summed E-state index contributed by atoms with van der Waals surface area (Å²) in [4.78, 5) is 11.6. The minimum Gasteiger partial charge on any atom is -0.295 e. The molecule has 1 aromatic carbocycles. The van der Waals surface area contributed by atoms with Crippen LogP contribution in [-0.4, -0.2) is 5.78 Å². The third kappa shape index (κ3) is 2.29. The Bertz CT molecular complexity index is 415. The SMILES string of the molecule is CC1=C(Cc2ccc(Cl)cc2)C(=O)CC1. The van der Waals surface area contributed by atoms with Crippen molar-refractivity contribution in [3.05, 3.63) is 46.0 Å². The summed E-state index contributed by atoms with van der Waals surface area (Å²) < 4.78 is 0. The van der Waals surface area contributed by atoms with E-state index < -0.39 is 0 Å². The molecule has 1 nitrogen and oxygen atoms in total. The molecule has 0 saturated carbocycles. The summed E-state index contributed by atoms with van der Waals surface area (Å²) in [6.45, 7) is 2.05. The molecule has 0 saturated heterocycles. The Morgan fingerprint density at radius 1 is 1.20 bits per heavy atom. The number of halogens is 1. The first-order chi connectivity index (χ1) is 7.16. The molecular weight excluding hydrogens is 208 g/mol. The zero-order valence-electron chi connectivity index (χ0n) is 8.72. The highest BCUT2D eigenvalue weighted by atomic mass is 35.5. The van der Waals surface area contributed by atoms with E-state index in [4.69, 9.17) is 11.6 Å². The van der Waals surface area contributed by atoms with Crippen molar-refractivity contribution in [2.45, 2.75) is 26.2 Å². The Balaban J connectivity index is 2.19. The van der Waals surface area contributed by atoms with Gasteiger partial charge >= 0.3 is 0 Å². The predicted octanol–water partition coefficient (Wildman–Crippen LogP) is 3.56. The molecule has 0 radical (unpaired) electrons. The fourth-order valence-electron chi connectivity index (χ4n) is 1.90. The summed E-state index contributed by atoms with van der Waals surface area (Å²) in [5.41, 5.74) is 3.40. The van der Waals surface area contributed by atoms with Gasteiger partial charge in [0.1, 0.15) is 0 Å². The first-order valence-electron chi connectivity index (χ1n) is 5.13. The highest BCUT2D eigenvalue weighted by molar-refractivity contribution is 6.30. The molecule has 0 unspecified atom stereocenters. The minimum atomic E-state index is 0.308. The van der Waals surface area contributed by atoms with E-state index in [2.05, 4.69) is 6.92 Å². The zero-order valence-corrected chi connectivity index (χ0v) is 9.47. The minimum absolute atomic E-state index is 0.308. The van der Waals surface area contributed by atoms with Crippen LogP contribution in [0.5, 0.6) is 0 Å². The van der Waals surface area contributed by atoms with Gasteiger partial charge in [-0.2, -0.15) is 0 Å². The van der Waals surface area contributed by atoms with Gasteiger partial charge in [-0.1, -0.05) is 29.3 Å². The van der Waals surface area contributed by atoms with E-state index in [0.717, 1.165) is 29.0 Å². The van der Waals surface area contributed by atoms with Gasteiger partial charge in [0.25, 0.3) is 0 Å². The molecule has 2 rings (SSSR count). The number of Topliss-reactive ketones (excluding diaryl/α,β-unsaturated/α-hetero) is 1. The third-order valence-corrected chi connectivity index (χ3v) is 3.12. The second-order valence-corrected chi connectivity index (χ2v) is 4.42. The molecule has 78 valence electrons. The van der Waals surface area contributed by atoms with Crippen molar-refractivity contribution in [2.75, 3.05) is 0 Å². The van der Waals surface area contributed by atoms with Crippen LogP contribution < -0.4 is 0 Å². The summed E-state index contributed by atoms with van der Waals surface area (Å²) in [5, 5.41) is 0.738. The summed E-state index contributed by atoms with van der Waals surface area (Å²) in [6.07, 6.45) is 2.37. The smallest absolute Gasteiger partial charge is 0.159 e. The molecule has 0 fully saturated rings. The van der Waals surface area contributed by atoms with Crippen molar-refractivity contribution in [3.63, 3.8) is 0 Å². The molecule has 0 N–H and O–H groups in total. The molecule has 2 heteroatoms. The lowest BCUT2D eigenvalue weighted by atomic mass is 10.0. The van der Waals surface area contributed by atoms with E-state index >= 15 is 0 Å². The highest BCUT2D eigenvalue weighted by Crippen LogP contribution is 2.25. The van der Waals surface area contributed by atoms with Crippen LogP contribution >= 0.6 is 11.6 Å². The highest BCUT2D eigenvalue weighted by Gasteiger charge is 2.19. The summed E-state index contributed by atoms with van der Waals surface area (Å²) >= 11 is 5.81. The molecule has 0 aliphatic heterocycles. The molecule has 0 atom stereocenters. The molecular formula is C13H13ClO. The fraction of sp³-hybridized carbons (Fsp3) is 0.308. The first-order valence-corrected chi connectivity index (χ1v) is 5.51. The predicted molar refractivity (Wildman–Crippen MR) is 62.1 cm³/mol. The van der Waals surface area contributed by atoms with Crippen LogP contribution in [0.3, 0.4) is 0 Å². The Morgan fingerprint density at radius 2 is 1.87 bits per heavy atom. The van der Waals surface area contributed by atoms with Gasteiger partial charge in [-0.3, -0.25) is 4.79 Å². The van der Waals surface area contributed by atoms with Gasteiger partial charge in [-0.15, -0.1) is 0 Å². The summed E-state index contributed by atoms with van der Waals surface area (Å²) in [6, 6.07) is 7.70. The molecule has 15 heavy (non-hydrogen) atoms. The van der Waals surface area contributed by atoms with E-state index in [-0.39, 0.29) is 0 Å². The molecule has 0 aromatic heterocycles. The van der Waals surface area contributed by atoms with Gasteiger partial charge in [0.15, 0.2) is 5.78 Å². The lowest BCUT2D eigenvalue weighted by Crippen LogP contribution is -2.00. The van der Waals surface area contributed by atoms with Crippen LogP contribution in [0.1, 0.15) is 25.3 Å². The van der Waals surface area contributed by atoms with Crippen LogP contribution in [-0.2, 0) is 11.2 Å². The van der Waals surface area contributed by atoms with E-state index in [1.165, 1.54) is 5.57 Å². The standard InChI is InChI=1S/C13H13ClO/c1-9-2-7-13(15)12(9)8-10-3-5-11(14)6-4-10/h3-6H,2,7-8H2,1H3. The second kappa shape index (κ2) is 4.19. The lowest BCUT2D eigenvalue weighted by Gasteiger charge is -2.03. The number of hydrogen-bond donors (Lipinski definition) is 0. The van der Waals surface area contributed by atoms with Crippen molar-refractivity contribution >= 4 is 17.4 Å². The Morgan fingerprint density at radius 3 is 2.40 bits per heavy atom. The molecule has 1 aliphatic carbocycles. The summed E-state index contributed by atoms with van der Waals surface area (Å²) in [7, 11) is 0. The lowest BCUT2D eigenvalue weighted by molar-refractivity contribution is -0.115. The van der Waals surface area contributed by atoms with Gasteiger partial charge in [0, 0.05) is 17.9 Å².